The highest BCUT2D eigenvalue weighted by atomic mass is 19.4. The number of aliphatic hydroxyl groups excluding tert-OH is 1. The largest absolute Gasteiger partial charge is 0.573 e. The van der Waals surface area contributed by atoms with Gasteiger partial charge in [0.1, 0.15) is 29.7 Å². The van der Waals surface area contributed by atoms with Gasteiger partial charge in [-0.25, -0.2) is 9.78 Å². The summed E-state index contributed by atoms with van der Waals surface area (Å²) in [5.41, 5.74) is -1.47. The molecular weight excluding hydrogens is 523 g/mol. The number of carbonyl (C=O) groups excluding carboxylic acids is 1. The first kappa shape index (κ1) is 30.2. The van der Waals surface area contributed by atoms with Crippen molar-refractivity contribution < 1.29 is 47.2 Å². The second-order valence-corrected chi connectivity index (χ2v) is 11.5. The van der Waals surface area contributed by atoms with Crippen LogP contribution in [0.4, 0.5) is 18.0 Å². The maximum Gasteiger partial charge on any atom is 0.573 e. The van der Waals surface area contributed by atoms with Crippen molar-refractivity contribution in [1.29, 1.82) is 0 Å². The number of nitrogens with one attached hydrogen (secondary N) is 1. The standard InChI is InChI=1S/C26H34F3N3O7/c1-24(2,3)19(31-23(36)39-25(4,5)6)21(33)32-13-16(12-18(32)22(34)35)37-20-17-8-7-15(38-26(27,28)29)11-14(17)9-10-30-20/h7-11,16,18-19,21,33H,12-13H2,1-6H3,(H,31,36)(H,34,35)/t16-,18+,19-,21?/m1/s1. The van der Waals surface area contributed by atoms with Gasteiger partial charge in [-0.1, -0.05) is 20.8 Å². The van der Waals surface area contributed by atoms with Gasteiger partial charge < -0.3 is 29.7 Å². The molecule has 1 unspecified atom stereocenters. The number of amides is 1. The number of aliphatic hydroxyl groups is 1. The summed E-state index contributed by atoms with van der Waals surface area (Å²) in [5, 5.41) is 24.6. The Morgan fingerprint density at radius 1 is 1.13 bits per heavy atom. The summed E-state index contributed by atoms with van der Waals surface area (Å²) in [6.07, 6.45) is -6.39. The van der Waals surface area contributed by atoms with E-state index < -0.39 is 59.6 Å². The molecule has 1 aliphatic rings. The van der Waals surface area contributed by atoms with Crippen molar-refractivity contribution >= 4 is 22.8 Å². The summed E-state index contributed by atoms with van der Waals surface area (Å²) in [6, 6.07) is 3.14. The second-order valence-electron chi connectivity index (χ2n) is 11.5. The van der Waals surface area contributed by atoms with Crippen LogP contribution < -0.4 is 14.8 Å². The fourth-order valence-electron chi connectivity index (χ4n) is 4.38. The molecule has 1 aromatic heterocycles. The molecule has 13 heteroatoms. The number of benzene rings is 1. The minimum absolute atomic E-state index is 0.0109. The molecule has 0 bridgehead atoms. The van der Waals surface area contributed by atoms with Crippen LogP contribution >= 0.6 is 0 Å². The quantitative estimate of drug-likeness (QED) is 0.456. The van der Waals surface area contributed by atoms with E-state index in [2.05, 4.69) is 15.0 Å². The Hall–Kier alpha value is -3.32. The number of hydrogen-bond donors (Lipinski definition) is 3. The predicted molar refractivity (Wildman–Crippen MR) is 134 cm³/mol. The number of aliphatic carboxylic acids is 1. The first-order chi connectivity index (χ1) is 17.8. The van der Waals surface area contributed by atoms with Gasteiger partial charge in [-0.05, 0) is 55.8 Å². The topological polar surface area (TPSA) is 130 Å². The van der Waals surface area contributed by atoms with Crippen molar-refractivity contribution in [3.8, 4) is 11.6 Å². The molecule has 0 aliphatic carbocycles. The SMILES string of the molecule is CC(C)(C)OC(=O)N[C@H](C(O)N1C[C@H](Oc2nccc3cc(OC(F)(F)F)ccc23)C[C@H]1C(=O)O)C(C)(C)C. The van der Waals surface area contributed by atoms with Crippen molar-refractivity contribution in [3.63, 3.8) is 0 Å². The number of likely N-dealkylation sites (tertiary alicyclic amines) is 1. The fraction of sp³-hybridized carbons (Fsp3) is 0.577. The summed E-state index contributed by atoms with van der Waals surface area (Å²) in [4.78, 5) is 30.1. The third kappa shape index (κ3) is 8.09. The zero-order chi connectivity index (χ0) is 29.3. The molecule has 2 aromatic rings. The van der Waals surface area contributed by atoms with E-state index in [-0.39, 0.29) is 18.8 Å². The maximum absolute atomic E-state index is 12.6. The average molecular weight is 558 g/mol. The van der Waals surface area contributed by atoms with E-state index >= 15 is 0 Å². The van der Waals surface area contributed by atoms with E-state index in [1.165, 1.54) is 29.3 Å². The second kappa shape index (κ2) is 11.0. The molecule has 2 heterocycles. The first-order valence-corrected chi connectivity index (χ1v) is 12.3. The predicted octanol–water partition coefficient (Wildman–Crippen LogP) is 4.30. The Morgan fingerprint density at radius 2 is 1.79 bits per heavy atom. The Labute approximate surface area is 224 Å². The van der Waals surface area contributed by atoms with Gasteiger partial charge in [-0.15, -0.1) is 13.2 Å². The lowest BCUT2D eigenvalue weighted by Gasteiger charge is -2.40. The molecule has 1 aromatic carbocycles. The number of ether oxygens (including phenoxy) is 3. The van der Waals surface area contributed by atoms with E-state index in [4.69, 9.17) is 9.47 Å². The molecule has 0 spiro atoms. The molecule has 216 valence electrons. The van der Waals surface area contributed by atoms with Crippen LogP contribution in [-0.2, 0) is 9.53 Å². The normalized spacial score (nSPS) is 20.4. The number of rotatable bonds is 7. The highest BCUT2D eigenvalue weighted by Crippen LogP contribution is 2.33. The third-order valence-corrected chi connectivity index (χ3v) is 6.04. The molecule has 3 N–H and O–H groups in total. The molecule has 3 rings (SSSR count). The lowest BCUT2D eigenvalue weighted by atomic mass is 9.85. The Morgan fingerprint density at radius 3 is 2.36 bits per heavy atom. The van der Waals surface area contributed by atoms with Crippen LogP contribution in [0.25, 0.3) is 10.8 Å². The Balaban J connectivity index is 1.82. The van der Waals surface area contributed by atoms with Crippen molar-refractivity contribution in [2.45, 2.75) is 84.3 Å². The van der Waals surface area contributed by atoms with Crippen LogP contribution in [0, 0.1) is 5.41 Å². The molecule has 1 saturated heterocycles. The van der Waals surface area contributed by atoms with Gasteiger partial charge in [0.15, 0.2) is 0 Å². The highest BCUT2D eigenvalue weighted by Gasteiger charge is 2.46. The van der Waals surface area contributed by atoms with Gasteiger partial charge in [0.05, 0.1) is 6.04 Å². The number of carboxylic acids is 1. The monoisotopic (exact) mass is 557 g/mol. The van der Waals surface area contributed by atoms with Crippen LogP contribution in [0.15, 0.2) is 30.5 Å². The molecule has 10 nitrogen and oxygen atoms in total. The van der Waals surface area contributed by atoms with E-state index in [1.54, 1.807) is 41.5 Å². The number of aromatic nitrogens is 1. The number of alkyl halides is 3. The summed E-state index contributed by atoms with van der Waals surface area (Å²) in [5.74, 6) is -1.50. The molecule has 1 amide bonds. The van der Waals surface area contributed by atoms with Gasteiger partial charge in [0, 0.05) is 24.5 Å². The Bertz CT molecular complexity index is 1190. The van der Waals surface area contributed by atoms with E-state index in [1.807, 2.05) is 0 Å². The van der Waals surface area contributed by atoms with Crippen molar-refractivity contribution in [1.82, 2.24) is 15.2 Å². The van der Waals surface area contributed by atoms with Gasteiger partial charge in [-0.3, -0.25) is 9.69 Å². The van der Waals surface area contributed by atoms with Crippen LogP contribution in [0.1, 0.15) is 48.0 Å². The lowest BCUT2D eigenvalue weighted by molar-refractivity contribution is -0.274. The number of hydrogen-bond acceptors (Lipinski definition) is 8. The van der Waals surface area contributed by atoms with Gasteiger partial charge in [0.2, 0.25) is 5.88 Å². The molecule has 4 atom stereocenters. The van der Waals surface area contributed by atoms with Gasteiger partial charge in [-0.2, -0.15) is 0 Å². The number of fused-ring (bicyclic) bond motifs is 1. The summed E-state index contributed by atoms with van der Waals surface area (Å²) in [6.45, 7) is 10.4. The first-order valence-electron chi connectivity index (χ1n) is 12.3. The average Bonchev–Trinajstić information content (AvgIpc) is 3.18. The molecular formula is C26H34F3N3O7. The molecule has 1 aliphatic heterocycles. The highest BCUT2D eigenvalue weighted by molar-refractivity contribution is 5.88. The van der Waals surface area contributed by atoms with E-state index in [9.17, 15) is 33.0 Å². The van der Waals surface area contributed by atoms with Crippen molar-refractivity contribution in [2.24, 2.45) is 5.41 Å². The number of halogens is 3. The molecule has 1 fully saturated rings. The smallest absolute Gasteiger partial charge is 0.480 e. The van der Waals surface area contributed by atoms with Gasteiger partial charge in [0.25, 0.3) is 0 Å². The number of nitrogens with zero attached hydrogens (tertiary/aromatic N) is 2. The summed E-state index contributed by atoms with van der Waals surface area (Å²) in [7, 11) is 0. The Kier molecular flexibility index (Phi) is 8.56. The van der Waals surface area contributed by atoms with E-state index in [0.29, 0.717) is 10.8 Å². The third-order valence-electron chi connectivity index (χ3n) is 6.04. The number of pyridine rings is 1. The van der Waals surface area contributed by atoms with Crippen molar-refractivity contribution in [3.05, 3.63) is 30.5 Å². The van der Waals surface area contributed by atoms with Crippen molar-refractivity contribution in [2.75, 3.05) is 6.54 Å². The zero-order valence-corrected chi connectivity index (χ0v) is 22.6. The number of carboxylic acid groups (broad SMARTS) is 1. The van der Waals surface area contributed by atoms with Gasteiger partial charge >= 0.3 is 18.4 Å². The molecule has 0 saturated carbocycles. The van der Waals surface area contributed by atoms with Crippen LogP contribution in [0.5, 0.6) is 11.6 Å². The molecule has 39 heavy (non-hydrogen) atoms. The lowest BCUT2D eigenvalue weighted by Crippen LogP contribution is -2.60. The maximum atomic E-state index is 12.6. The number of carbonyl (C=O) groups is 2. The van der Waals surface area contributed by atoms with Crippen LogP contribution in [0.2, 0.25) is 0 Å². The number of alkyl carbamates (subject to hydrolysis) is 1. The zero-order valence-electron chi connectivity index (χ0n) is 22.6. The summed E-state index contributed by atoms with van der Waals surface area (Å²) >= 11 is 0. The minimum Gasteiger partial charge on any atom is -0.480 e. The summed E-state index contributed by atoms with van der Waals surface area (Å²) < 4.78 is 53.1. The van der Waals surface area contributed by atoms with E-state index in [0.717, 1.165) is 6.07 Å². The molecule has 0 radical (unpaired) electrons. The van der Waals surface area contributed by atoms with Crippen LogP contribution in [-0.4, -0.2) is 75.1 Å². The minimum atomic E-state index is -4.84. The van der Waals surface area contributed by atoms with Crippen LogP contribution in [0.3, 0.4) is 0 Å². The fourth-order valence-corrected chi connectivity index (χ4v) is 4.38.